The van der Waals surface area contributed by atoms with E-state index in [1.54, 1.807) is 6.07 Å². The number of nitriles is 1. The van der Waals surface area contributed by atoms with E-state index in [0.717, 1.165) is 0 Å². The lowest BCUT2D eigenvalue weighted by Crippen LogP contribution is -2.20. The van der Waals surface area contributed by atoms with Gasteiger partial charge < -0.3 is 5.73 Å². The second kappa shape index (κ2) is 3.62. The Morgan fingerprint density at radius 1 is 1.53 bits per heavy atom. The fraction of sp³-hybridized carbons (Fsp3) is 0.500. The Labute approximate surface area is 111 Å². The second-order valence-corrected chi connectivity index (χ2v) is 7.55. The first kappa shape index (κ1) is 12.7. The zero-order valence-corrected chi connectivity index (χ0v) is 11.3. The molecule has 1 aliphatic rings. The van der Waals surface area contributed by atoms with Crippen molar-refractivity contribution in [3.8, 4) is 6.07 Å². The molecule has 0 bridgehead atoms. The highest BCUT2D eigenvalue weighted by atomic mass is 79.9. The third-order valence-corrected chi connectivity index (χ3v) is 4.23. The summed E-state index contributed by atoms with van der Waals surface area (Å²) in [4.78, 5) is 0. The third-order valence-electron chi connectivity index (χ3n) is 2.48. The van der Waals surface area contributed by atoms with E-state index < -0.39 is 15.4 Å². The quantitative estimate of drug-likeness (QED) is 0.769. The predicted octanol–water partition coefficient (Wildman–Crippen LogP) is 2.79. The molecule has 1 aliphatic carbocycles. The van der Waals surface area contributed by atoms with Crippen molar-refractivity contribution in [2.24, 2.45) is 0 Å². The van der Waals surface area contributed by atoms with Gasteiger partial charge in [0, 0.05) is 11.5 Å². The molecule has 0 spiro atoms. The van der Waals surface area contributed by atoms with Gasteiger partial charge in [-0.2, -0.15) is 15.0 Å². The molecule has 0 amide bonds. The van der Waals surface area contributed by atoms with E-state index in [-0.39, 0.29) is 21.9 Å². The van der Waals surface area contributed by atoms with Crippen LogP contribution in [0.4, 0.5) is 19.0 Å². The molecular weight excluding hydrogens is 369 g/mol. The van der Waals surface area contributed by atoms with Crippen LogP contribution in [0.3, 0.4) is 0 Å². The molecule has 2 N–H and O–H groups in total. The number of alkyl halides is 5. The number of nitrogen functional groups attached to an aromatic ring is 1. The van der Waals surface area contributed by atoms with E-state index >= 15 is 0 Å². The van der Waals surface area contributed by atoms with Crippen molar-refractivity contribution in [2.45, 2.75) is 21.9 Å². The molecule has 1 heterocycles. The maximum Gasteiger partial charge on any atom is 0.506 e. The van der Waals surface area contributed by atoms with Gasteiger partial charge in [0.2, 0.25) is 0 Å². The summed E-state index contributed by atoms with van der Waals surface area (Å²) in [5.74, 6) is -0.812. The Morgan fingerprint density at radius 3 is 2.41 bits per heavy atom. The molecular formula is C8H5Br2F3N4. The lowest BCUT2D eigenvalue weighted by molar-refractivity contribution is -0.210. The minimum absolute atomic E-state index is 0.138. The van der Waals surface area contributed by atoms with Crippen LogP contribution in [0.1, 0.15) is 23.6 Å². The molecule has 9 heteroatoms. The molecule has 0 aromatic carbocycles. The highest BCUT2D eigenvalue weighted by Crippen LogP contribution is 2.63. The predicted molar refractivity (Wildman–Crippen MR) is 60.6 cm³/mol. The smallest absolute Gasteiger partial charge is 0.383 e. The molecule has 17 heavy (non-hydrogen) atoms. The van der Waals surface area contributed by atoms with Gasteiger partial charge in [-0.1, -0.05) is 31.9 Å². The van der Waals surface area contributed by atoms with Crippen molar-refractivity contribution >= 4 is 37.7 Å². The maximum absolute atomic E-state index is 12.5. The van der Waals surface area contributed by atoms with Crippen molar-refractivity contribution in [2.75, 3.05) is 5.73 Å². The highest BCUT2D eigenvalue weighted by molar-refractivity contribution is 9.25. The van der Waals surface area contributed by atoms with Crippen LogP contribution in [0.2, 0.25) is 0 Å². The van der Waals surface area contributed by atoms with Gasteiger partial charge in [0.05, 0.1) is 3.23 Å². The summed E-state index contributed by atoms with van der Waals surface area (Å²) in [6.45, 7) is 0. The first-order valence-electron chi connectivity index (χ1n) is 4.42. The summed E-state index contributed by atoms with van der Waals surface area (Å²) in [7, 11) is 0. The van der Waals surface area contributed by atoms with E-state index in [4.69, 9.17) is 11.0 Å². The van der Waals surface area contributed by atoms with Gasteiger partial charge in [-0.25, -0.2) is 0 Å². The third kappa shape index (κ3) is 2.04. The first-order valence-corrected chi connectivity index (χ1v) is 6.00. The number of aromatic nitrogens is 2. The number of rotatable bonds is 1. The summed E-state index contributed by atoms with van der Waals surface area (Å²) in [6.07, 6.45) is -4.17. The summed E-state index contributed by atoms with van der Waals surface area (Å²) >= 11 is 6.56. The Balaban J connectivity index is 2.54. The normalized spacial score (nSPS) is 22.2. The maximum atomic E-state index is 12.5. The van der Waals surface area contributed by atoms with E-state index in [0.29, 0.717) is 6.42 Å². The number of hydrogen-bond donors (Lipinski definition) is 1. The van der Waals surface area contributed by atoms with Crippen molar-refractivity contribution in [1.82, 2.24) is 9.78 Å². The van der Waals surface area contributed by atoms with Crippen LogP contribution in [0, 0.1) is 11.3 Å². The SMILES string of the molecule is N#Cc1nn(C(F)(F)F)c(N)c1C1CC1(Br)Br. The lowest BCUT2D eigenvalue weighted by Gasteiger charge is -2.08. The summed E-state index contributed by atoms with van der Waals surface area (Å²) in [5, 5.41) is 12.0. The fourth-order valence-electron chi connectivity index (χ4n) is 1.59. The molecule has 1 saturated carbocycles. The largest absolute Gasteiger partial charge is 0.506 e. The summed E-state index contributed by atoms with van der Waals surface area (Å²) in [5.41, 5.74) is 5.27. The van der Waals surface area contributed by atoms with Gasteiger partial charge >= 0.3 is 6.30 Å². The fourth-order valence-corrected chi connectivity index (χ4v) is 2.69. The Morgan fingerprint density at radius 2 is 2.06 bits per heavy atom. The monoisotopic (exact) mass is 372 g/mol. The Bertz CT molecular complexity index is 514. The Hall–Kier alpha value is -0.750. The molecule has 2 rings (SSSR count). The molecule has 92 valence electrons. The van der Waals surface area contributed by atoms with Gasteiger partial charge in [-0.3, -0.25) is 0 Å². The summed E-state index contributed by atoms with van der Waals surface area (Å²) in [6, 6.07) is 1.63. The van der Waals surface area contributed by atoms with Crippen LogP contribution in [0.5, 0.6) is 0 Å². The average Bonchev–Trinajstić information content (AvgIpc) is 2.66. The Kier molecular flexibility index (Phi) is 2.70. The molecule has 0 radical (unpaired) electrons. The number of nitrogens with two attached hydrogens (primary N) is 1. The van der Waals surface area contributed by atoms with Crippen LogP contribution in [-0.2, 0) is 6.30 Å². The van der Waals surface area contributed by atoms with Crippen molar-refractivity contribution in [1.29, 1.82) is 5.26 Å². The van der Waals surface area contributed by atoms with Crippen LogP contribution >= 0.6 is 31.9 Å². The zero-order chi connectivity index (χ0) is 13.0. The molecule has 1 unspecified atom stereocenters. The number of halogens is 5. The summed E-state index contributed by atoms with van der Waals surface area (Å²) < 4.78 is 36.9. The topological polar surface area (TPSA) is 67.6 Å². The molecule has 1 atom stereocenters. The van der Waals surface area contributed by atoms with Crippen molar-refractivity contribution < 1.29 is 13.2 Å². The van der Waals surface area contributed by atoms with Crippen molar-refractivity contribution in [3.63, 3.8) is 0 Å². The van der Waals surface area contributed by atoms with Gasteiger partial charge in [-0.15, -0.1) is 13.2 Å². The molecule has 0 saturated heterocycles. The average molecular weight is 374 g/mol. The molecule has 1 fully saturated rings. The van der Waals surface area contributed by atoms with Crippen molar-refractivity contribution in [3.05, 3.63) is 11.3 Å². The standard InChI is InChI=1S/C8H5Br2F3N4/c9-7(10)1-3(7)5-4(2-14)16-17(6(5)15)8(11,12)13/h3H,1,15H2. The number of nitrogens with zero attached hydrogens (tertiary/aromatic N) is 3. The van der Waals surface area contributed by atoms with E-state index in [1.165, 1.54) is 0 Å². The minimum Gasteiger partial charge on any atom is -0.383 e. The van der Waals surface area contributed by atoms with Gasteiger partial charge in [0.1, 0.15) is 11.9 Å². The van der Waals surface area contributed by atoms with Crippen LogP contribution in [0.25, 0.3) is 0 Å². The second-order valence-electron chi connectivity index (χ2n) is 3.66. The molecule has 1 aromatic rings. The molecule has 1 aromatic heterocycles. The van der Waals surface area contributed by atoms with Crippen LogP contribution in [0.15, 0.2) is 0 Å². The molecule has 0 aliphatic heterocycles. The van der Waals surface area contributed by atoms with Gasteiger partial charge in [0.15, 0.2) is 5.69 Å². The minimum atomic E-state index is -4.72. The van der Waals surface area contributed by atoms with Gasteiger partial charge in [0.25, 0.3) is 0 Å². The van der Waals surface area contributed by atoms with E-state index in [9.17, 15) is 13.2 Å². The highest BCUT2D eigenvalue weighted by Gasteiger charge is 2.55. The van der Waals surface area contributed by atoms with E-state index in [1.807, 2.05) is 0 Å². The molecule has 4 nitrogen and oxygen atoms in total. The number of hydrogen-bond acceptors (Lipinski definition) is 3. The van der Waals surface area contributed by atoms with Gasteiger partial charge in [-0.05, 0) is 6.42 Å². The van der Waals surface area contributed by atoms with E-state index in [2.05, 4.69) is 37.0 Å². The lowest BCUT2D eigenvalue weighted by atomic mass is 10.1. The number of anilines is 1. The van der Waals surface area contributed by atoms with Crippen LogP contribution in [-0.4, -0.2) is 13.0 Å². The zero-order valence-electron chi connectivity index (χ0n) is 8.09. The first-order chi connectivity index (χ1) is 7.68. The van der Waals surface area contributed by atoms with Crippen LogP contribution < -0.4 is 5.73 Å².